The predicted molar refractivity (Wildman–Crippen MR) is 54.4 cm³/mol. The molecule has 0 amide bonds. The van der Waals surface area contributed by atoms with Crippen LogP contribution in [0.2, 0.25) is 0 Å². The normalized spacial score (nSPS) is 18.4. The zero-order valence-corrected chi connectivity index (χ0v) is 8.91. The Hall–Kier alpha value is -0.610. The van der Waals surface area contributed by atoms with Crippen LogP contribution in [0, 0.1) is 0 Å². The number of fused-ring (bicyclic) bond motifs is 1. The molecule has 1 aromatic rings. The number of sulfone groups is 1. The van der Waals surface area contributed by atoms with Crippen molar-refractivity contribution in [1.29, 1.82) is 0 Å². The molecule has 1 aliphatic rings. The lowest BCUT2D eigenvalue weighted by Crippen LogP contribution is -1.87. The van der Waals surface area contributed by atoms with Gasteiger partial charge < -0.3 is 0 Å². The first-order valence-corrected chi connectivity index (χ1v) is 6.61. The fourth-order valence-corrected chi connectivity index (χ4v) is 4.25. The van der Waals surface area contributed by atoms with Crippen molar-refractivity contribution in [2.24, 2.45) is 0 Å². The molecule has 0 bridgehead atoms. The van der Waals surface area contributed by atoms with Crippen molar-refractivity contribution in [3.8, 4) is 0 Å². The third-order valence-electron chi connectivity index (χ3n) is 2.05. The van der Waals surface area contributed by atoms with E-state index in [1.807, 2.05) is 11.4 Å². The number of hydrogen-bond donors (Lipinski definition) is 0. The Bertz CT molecular complexity index is 452. The molecule has 1 aromatic heterocycles. The van der Waals surface area contributed by atoms with Crippen LogP contribution in [-0.4, -0.2) is 8.42 Å². The summed E-state index contributed by atoms with van der Waals surface area (Å²) in [5.74, 6) is 0. The van der Waals surface area contributed by atoms with Gasteiger partial charge in [-0.1, -0.05) is 13.3 Å². The van der Waals surface area contributed by atoms with Crippen LogP contribution in [0.15, 0.2) is 21.1 Å². The summed E-state index contributed by atoms with van der Waals surface area (Å²) in [6.07, 6.45) is 1.83. The number of rotatable bonds is 2. The minimum Gasteiger partial charge on any atom is -0.218 e. The largest absolute Gasteiger partial charge is 0.218 e. The van der Waals surface area contributed by atoms with Gasteiger partial charge in [0.15, 0.2) is 0 Å². The molecule has 0 unspecified atom stereocenters. The van der Waals surface area contributed by atoms with Gasteiger partial charge in [0.05, 0.1) is 0 Å². The Kier molecular flexibility index (Phi) is 2.04. The van der Waals surface area contributed by atoms with E-state index in [2.05, 4.69) is 6.92 Å². The van der Waals surface area contributed by atoms with Gasteiger partial charge >= 0.3 is 0 Å². The van der Waals surface area contributed by atoms with Gasteiger partial charge in [0, 0.05) is 11.0 Å². The summed E-state index contributed by atoms with van der Waals surface area (Å²) in [4.78, 5) is 0. The summed E-state index contributed by atoms with van der Waals surface area (Å²) < 4.78 is 23.6. The minimum absolute atomic E-state index is 0.524. The molecule has 0 spiro atoms. The average molecular weight is 214 g/mol. The van der Waals surface area contributed by atoms with Crippen molar-refractivity contribution >= 4 is 26.7 Å². The van der Waals surface area contributed by atoms with E-state index < -0.39 is 9.84 Å². The number of allylic oxidation sites excluding steroid dienone is 1. The van der Waals surface area contributed by atoms with E-state index in [0.717, 1.165) is 24.0 Å². The Morgan fingerprint density at radius 1 is 1.46 bits per heavy atom. The molecular formula is C9H10O2S2. The monoisotopic (exact) mass is 214 g/mol. The van der Waals surface area contributed by atoms with Crippen LogP contribution in [0.3, 0.4) is 0 Å². The van der Waals surface area contributed by atoms with Gasteiger partial charge in [0.1, 0.15) is 4.21 Å². The zero-order valence-electron chi connectivity index (χ0n) is 7.28. The molecule has 70 valence electrons. The van der Waals surface area contributed by atoms with Crippen LogP contribution >= 0.6 is 11.3 Å². The van der Waals surface area contributed by atoms with Crippen molar-refractivity contribution in [2.45, 2.75) is 24.0 Å². The van der Waals surface area contributed by atoms with Crippen molar-refractivity contribution in [1.82, 2.24) is 0 Å². The molecule has 0 aromatic carbocycles. The molecule has 2 rings (SSSR count). The van der Waals surface area contributed by atoms with Crippen molar-refractivity contribution in [3.63, 3.8) is 0 Å². The third-order valence-corrected chi connectivity index (χ3v) is 5.07. The van der Waals surface area contributed by atoms with E-state index in [-0.39, 0.29) is 0 Å². The Balaban J connectivity index is 2.57. The van der Waals surface area contributed by atoms with E-state index >= 15 is 0 Å². The molecule has 0 radical (unpaired) electrons. The zero-order chi connectivity index (χ0) is 9.47. The average Bonchev–Trinajstić information content (AvgIpc) is 2.57. The number of thiophene rings is 1. The fourth-order valence-electron chi connectivity index (χ4n) is 1.52. The molecule has 0 atom stereocenters. The Labute approximate surface area is 81.8 Å². The van der Waals surface area contributed by atoms with E-state index in [1.54, 1.807) is 0 Å². The molecular weight excluding hydrogens is 204 g/mol. The van der Waals surface area contributed by atoms with Crippen LogP contribution in [0.1, 0.15) is 25.3 Å². The molecule has 2 nitrogen and oxygen atoms in total. The van der Waals surface area contributed by atoms with Crippen LogP contribution in [0.4, 0.5) is 0 Å². The van der Waals surface area contributed by atoms with Gasteiger partial charge in [-0.15, -0.1) is 11.3 Å². The highest BCUT2D eigenvalue weighted by Gasteiger charge is 2.27. The van der Waals surface area contributed by atoms with Crippen LogP contribution < -0.4 is 0 Å². The lowest BCUT2D eigenvalue weighted by atomic mass is 10.1. The highest BCUT2D eigenvalue weighted by atomic mass is 32.2. The van der Waals surface area contributed by atoms with Gasteiger partial charge in [-0.3, -0.25) is 0 Å². The second-order valence-corrected chi connectivity index (χ2v) is 5.97. The van der Waals surface area contributed by atoms with E-state index in [4.69, 9.17) is 0 Å². The smallest absolute Gasteiger partial charge is 0.210 e. The third kappa shape index (κ3) is 1.34. The van der Waals surface area contributed by atoms with Gasteiger partial charge in [-0.05, 0) is 23.4 Å². The van der Waals surface area contributed by atoms with E-state index in [9.17, 15) is 8.42 Å². The first-order valence-electron chi connectivity index (χ1n) is 4.18. The minimum atomic E-state index is -3.08. The Morgan fingerprint density at radius 3 is 2.92 bits per heavy atom. The molecule has 0 N–H and O–H groups in total. The second kappa shape index (κ2) is 2.96. The molecule has 13 heavy (non-hydrogen) atoms. The molecule has 0 fully saturated rings. The van der Waals surface area contributed by atoms with Crippen molar-refractivity contribution < 1.29 is 8.42 Å². The van der Waals surface area contributed by atoms with Crippen molar-refractivity contribution in [3.05, 3.63) is 22.4 Å². The second-order valence-electron chi connectivity index (χ2n) is 3.06. The molecule has 2 heterocycles. The highest BCUT2D eigenvalue weighted by molar-refractivity contribution is 7.96. The highest BCUT2D eigenvalue weighted by Crippen LogP contribution is 2.39. The lowest BCUT2D eigenvalue weighted by Gasteiger charge is -1.95. The molecule has 0 aliphatic carbocycles. The summed E-state index contributed by atoms with van der Waals surface area (Å²) in [5, 5.41) is 3.25. The van der Waals surface area contributed by atoms with Gasteiger partial charge in [-0.25, -0.2) is 8.42 Å². The maximum Gasteiger partial charge on any atom is 0.210 e. The predicted octanol–water partition coefficient (Wildman–Crippen LogP) is 2.68. The summed E-state index contributed by atoms with van der Waals surface area (Å²) in [7, 11) is -3.08. The Morgan fingerprint density at radius 2 is 2.23 bits per heavy atom. The molecule has 0 saturated carbocycles. The SMILES string of the molecule is CCCC1=CS(=O)(=O)c2sccc21. The molecule has 1 aliphatic heterocycles. The van der Waals surface area contributed by atoms with Crippen LogP contribution in [0.25, 0.3) is 5.57 Å². The van der Waals surface area contributed by atoms with Gasteiger partial charge in [0.25, 0.3) is 0 Å². The summed E-state index contributed by atoms with van der Waals surface area (Å²) in [6, 6.07) is 1.89. The topological polar surface area (TPSA) is 34.1 Å². The standard InChI is InChI=1S/C9H10O2S2/c1-2-3-7-6-13(10,11)9-8(7)4-5-12-9/h4-6H,2-3H2,1H3. The number of hydrogen-bond acceptors (Lipinski definition) is 3. The fraction of sp³-hybridized carbons (Fsp3) is 0.333. The van der Waals surface area contributed by atoms with Crippen LogP contribution in [-0.2, 0) is 9.84 Å². The maximum atomic E-state index is 11.5. The summed E-state index contributed by atoms with van der Waals surface area (Å²) in [5.41, 5.74) is 1.89. The summed E-state index contributed by atoms with van der Waals surface area (Å²) >= 11 is 1.31. The van der Waals surface area contributed by atoms with E-state index in [1.165, 1.54) is 16.7 Å². The summed E-state index contributed by atoms with van der Waals surface area (Å²) in [6.45, 7) is 2.05. The van der Waals surface area contributed by atoms with E-state index in [0.29, 0.717) is 4.21 Å². The van der Waals surface area contributed by atoms with Crippen LogP contribution in [0.5, 0.6) is 0 Å². The lowest BCUT2D eigenvalue weighted by molar-refractivity contribution is 0.607. The molecule has 4 heteroatoms. The van der Waals surface area contributed by atoms with Gasteiger partial charge in [-0.2, -0.15) is 0 Å². The van der Waals surface area contributed by atoms with Crippen molar-refractivity contribution in [2.75, 3.05) is 0 Å². The maximum absolute atomic E-state index is 11.5. The first kappa shape index (κ1) is 8.97. The first-order chi connectivity index (χ1) is 6.15. The molecule has 0 saturated heterocycles. The quantitative estimate of drug-likeness (QED) is 0.758. The van der Waals surface area contributed by atoms with Gasteiger partial charge in [0.2, 0.25) is 9.84 Å².